The lowest BCUT2D eigenvalue weighted by atomic mass is 9.96. The van der Waals surface area contributed by atoms with Gasteiger partial charge in [-0.05, 0) is 61.2 Å². The summed E-state index contributed by atoms with van der Waals surface area (Å²) in [5, 5.41) is 3.97. The van der Waals surface area contributed by atoms with Gasteiger partial charge in [0.05, 0.1) is 0 Å². The van der Waals surface area contributed by atoms with E-state index >= 15 is 0 Å². The maximum Gasteiger partial charge on any atom is 0.124 e. The van der Waals surface area contributed by atoms with E-state index in [1.807, 2.05) is 0 Å². The second kappa shape index (κ2) is 7.06. The van der Waals surface area contributed by atoms with E-state index in [9.17, 15) is 4.39 Å². The largest absolute Gasteiger partial charge is 0.310 e. The Labute approximate surface area is 131 Å². The quantitative estimate of drug-likeness (QED) is 0.820. The Morgan fingerprint density at radius 3 is 2.48 bits per heavy atom. The summed E-state index contributed by atoms with van der Waals surface area (Å²) in [5.41, 5.74) is 4.76. The summed E-state index contributed by atoms with van der Waals surface area (Å²) >= 11 is 6.15. The van der Waals surface area contributed by atoms with Gasteiger partial charge in [0.25, 0.3) is 0 Å². The van der Waals surface area contributed by atoms with Gasteiger partial charge >= 0.3 is 0 Å². The third-order valence-corrected chi connectivity index (χ3v) is 4.17. The van der Waals surface area contributed by atoms with Crippen molar-refractivity contribution in [3.8, 4) is 0 Å². The molecule has 2 aromatic carbocycles. The third-order valence-electron chi connectivity index (χ3n) is 3.82. The van der Waals surface area contributed by atoms with E-state index < -0.39 is 0 Å². The van der Waals surface area contributed by atoms with Crippen molar-refractivity contribution in [2.24, 2.45) is 0 Å². The lowest BCUT2D eigenvalue weighted by Gasteiger charge is -2.20. The van der Waals surface area contributed by atoms with Gasteiger partial charge in [-0.3, -0.25) is 0 Å². The zero-order chi connectivity index (χ0) is 15.4. The van der Waals surface area contributed by atoms with Gasteiger partial charge in [-0.25, -0.2) is 4.39 Å². The summed E-state index contributed by atoms with van der Waals surface area (Å²) < 4.78 is 13.2. The maximum atomic E-state index is 13.2. The summed E-state index contributed by atoms with van der Waals surface area (Å²) in [5.74, 6) is -0.296. The molecule has 0 aliphatic carbocycles. The molecule has 1 nitrogen and oxygen atoms in total. The summed E-state index contributed by atoms with van der Waals surface area (Å²) in [4.78, 5) is 0. The smallest absolute Gasteiger partial charge is 0.124 e. The highest BCUT2D eigenvalue weighted by Crippen LogP contribution is 2.25. The highest BCUT2D eigenvalue weighted by Gasteiger charge is 2.14. The molecule has 0 aliphatic rings. The average molecular weight is 306 g/mol. The predicted molar refractivity (Wildman–Crippen MR) is 87.4 cm³/mol. The molecule has 21 heavy (non-hydrogen) atoms. The summed E-state index contributed by atoms with van der Waals surface area (Å²) in [6.07, 6.45) is 0.745. The van der Waals surface area contributed by atoms with Crippen LogP contribution in [0.15, 0.2) is 36.4 Å². The van der Waals surface area contributed by atoms with E-state index in [-0.39, 0.29) is 11.9 Å². The molecule has 0 radical (unpaired) electrons. The van der Waals surface area contributed by atoms with Crippen LogP contribution >= 0.6 is 11.6 Å². The van der Waals surface area contributed by atoms with Crippen molar-refractivity contribution in [1.82, 2.24) is 5.32 Å². The molecule has 0 saturated carbocycles. The van der Waals surface area contributed by atoms with Gasteiger partial charge in [-0.15, -0.1) is 0 Å². The molecule has 112 valence electrons. The molecule has 0 heterocycles. The summed E-state index contributed by atoms with van der Waals surface area (Å²) in [6.45, 7) is 7.18. The molecule has 0 spiro atoms. The van der Waals surface area contributed by atoms with E-state index in [4.69, 9.17) is 11.6 Å². The van der Waals surface area contributed by atoms with Gasteiger partial charge in [-0.2, -0.15) is 0 Å². The van der Waals surface area contributed by atoms with Crippen LogP contribution in [0.5, 0.6) is 0 Å². The molecular formula is C18H21ClFN. The van der Waals surface area contributed by atoms with Gasteiger partial charge < -0.3 is 5.32 Å². The maximum absolute atomic E-state index is 13.2. The van der Waals surface area contributed by atoms with Crippen LogP contribution in [0.1, 0.15) is 35.2 Å². The monoisotopic (exact) mass is 305 g/mol. The first-order chi connectivity index (χ1) is 10.0. The van der Waals surface area contributed by atoms with Crippen LogP contribution in [0.3, 0.4) is 0 Å². The molecular weight excluding hydrogens is 285 g/mol. The Balaban J connectivity index is 2.28. The van der Waals surface area contributed by atoms with Gasteiger partial charge in [-0.1, -0.05) is 42.8 Å². The van der Waals surface area contributed by atoms with Crippen molar-refractivity contribution < 1.29 is 4.39 Å². The second-order valence-electron chi connectivity index (χ2n) is 5.39. The van der Waals surface area contributed by atoms with Crippen LogP contribution < -0.4 is 5.32 Å². The molecule has 0 fully saturated rings. The standard InChI is InChI=1S/C18H21ClFN/c1-4-21-18(15-6-5-12(2)13(3)9-15)10-14-7-8-16(20)11-17(14)19/h5-9,11,18,21H,4,10H2,1-3H3. The van der Waals surface area contributed by atoms with E-state index in [1.54, 1.807) is 6.07 Å². The predicted octanol–water partition coefficient (Wildman–Crippen LogP) is 4.99. The molecule has 0 saturated heterocycles. The van der Waals surface area contributed by atoms with Crippen LogP contribution in [0.4, 0.5) is 4.39 Å². The number of nitrogens with one attached hydrogen (secondary N) is 1. The van der Waals surface area contributed by atoms with Crippen LogP contribution in [-0.4, -0.2) is 6.54 Å². The second-order valence-corrected chi connectivity index (χ2v) is 5.80. The molecule has 1 unspecified atom stereocenters. The molecule has 3 heteroatoms. The van der Waals surface area contributed by atoms with Crippen LogP contribution in [-0.2, 0) is 6.42 Å². The van der Waals surface area contributed by atoms with Crippen molar-refractivity contribution in [1.29, 1.82) is 0 Å². The molecule has 0 bridgehead atoms. The average Bonchev–Trinajstić information content (AvgIpc) is 2.44. The topological polar surface area (TPSA) is 12.0 Å². The number of hydrogen-bond acceptors (Lipinski definition) is 1. The molecule has 1 atom stereocenters. The molecule has 1 N–H and O–H groups in total. The zero-order valence-electron chi connectivity index (χ0n) is 12.7. The Morgan fingerprint density at radius 1 is 1.10 bits per heavy atom. The lowest BCUT2D eigenvalue weighted by Crippen LogP contribution is -2.23. The summed E-state index contributed by atoms with van der Waals surface area (Å²) in [6, 6.07) is 11.3. The Morgan fingerprint density at radius 2 is 1.86 bits per heavy atom. The lowest BCUT2D eigenvalue weighted by molar-refractivity contribution is 0.548. The Kier molecular flexibility index (Phi) is 5.38. The number of hydrogen-bond donors (Lipinski definition) is 1. The van der Waals surface area contributed by atoms with E-state index in [1.165, 1.54) is 28.8 Å². The SMILES string of the molecule is CCNC(Cc1ccc(F)cc1Cl)c1ccc(C)c(C)c1. The first kappa shape index (κ1) is 16.0. The van der Waals surface area contributed by atoms with Crippen LogP contribution in [0.25, 0.3) is 0 Å². The van der Waals surface area contributed by atoms with Crippen molar-refractivity contribution in [3.05, 3.63) is 69.5 Å². The molecule has 2 rings (SSSR count). The highest BCUT2D eigenvalue weighted by atomic mass is 35.5. The normalized spacial score (nSPS) is 12.4. The minimum absolute atomic E-state index is 0.178. The number of likely N-dealkylation sites (N-methyl/N-ethyl adjacent to an activating group) is 1. The molecule has 2 aromatic rings. The first-order valence-corrected chi connectivity index (χ1v) is 7.63. The van der Waals surface area contributed by atoms with Gasteiger partial charge in [0, 0.05) is 11.1 Å². The fourth-order valence-electron chi connectivity index (χ4n) is 2.44. The van der Waals surface area contributed by atoms with E-state index in [0.717, 1.165) is 18.5 Å². The van der Waals surface area contributed by atoms with Crippen molar-refractivity contribution in [2.75, 3.05) is 6.54 Å². The Bertz CT molecular complexity index is 625. The number of rotatable bonds is 5. The Hall–Kier alpha value is -1.38. The number of halogens is 2. The highest BCUT2D eigenvalue weighted by molar-refractivity contribution is 6.31. The van der Waals surface area contributed by atoms with Gasteiger partial charge in [0.1, 0.15) is 5.82 Å². The van der Waals surface area contributed by atoms with Crippen LogP contribution in [0.2, 0.25) is 5.02 Å². The minimum Gasteiger partial charge on any atom is -0.310 e. The zero-order valence-corrected chi connectivity index (χ0v) is 13.5. The first-order valence-electron chi connectivity index (χ1n) is 7.25. The number of benzene rings is 2. The van der Waals surface area contributed by atoms with Crippen LogP contribution in [0, 0.1) is 19.7 Å². The van der Waals surface area contributed by atoms with E-state index in [0.29, 0.717) is 5.02 Å². The van der Waals surface area contributed by atoms with Gasteiger partial charge in [0.2, 0.25) is 0 Å². The van der Waals surface area contributed by atoms with Gasteiger partial charge in [0.15, 0.2) is 0 Å². The summed E-state index contributed by atoms with van der Waals surface area (Å²) in [7, 11) is 0. The van der Waals surface area contributed by atoms with Crippen molar-refractivity contribution >= 4 is 11.6 Å². The minimum atomic E-state index is -0.296. The van der Waals surface area contributed by atoms with Crippen molar-refractivity contribution in [3.63, 3.8) is 0 Å². The molecule has 0 amide bonds. The molecule has 0 aromatic heterocycles. The fourth-order valence-corrected chi connectivity index (χ4v) is 2.69. The number of aryl methyl sites for hydroxylation is 2. The van der Waals surface area contributed by atoms with E-state index in [2.05, 4.69) is 44.3 Å². The fraction of sp³-hybridized carbons (Fsp3) is 0.333. The molecule has 0 aliphatic heterocycles. The van der Waals surface area contributed by atoms with Crippen molar-refractivity contribution in [2.45, 2.75) is 33.2 Å². The third kappa shape index (κ3) is 4.05.